The number of nitrogens with one attached hydrogen (secondary N) is 1. The summed E-state index contributed by atoms with van der Waals surface area (Å²) in [6.07, 6.45) is 1.23. The molecule has 1 amide bonds. The monoisotopic (exact) mass is 265 g/mol. The third-order valence-corrected chi connectivity index (χ3v) is 2.81. The Morgan fingerprint density at radius 1 is 1.62 bits per heavy atom. The number of primary amides is 1. The Bertz CT molecular complexity index is 490. The molecule has 0 atom stereocenters. The first-order valence-electron chi connectivity index (χ1n) is 3.95. The van der Waals surface area contributed by atoms with Gasteiger partial charge in [-0.1, -0.05) is 16.5 Å². The van der Waals surface area contributed by atoms with Crippen LogP contribution in [-0.2, 0) is 19.7 Å². The van der Waals surface area contributed by atoms with Crippen molar-refractivity contribution in [2.45, 2.75) is 4.90 Å². The van der Waals surface area contributed by atoms with Crippen molar-refractivity contribution in [1.29, 1.82) is 0 Å². The van der Waals surface area contributed by atoms with Crippen LogP contribution in [0.25, 0.3) is 0 Å². The molecule has 0 saturated heterocycles. The fourth-order valence-electron chi connectivity index (χ4n) is 0.778. The Kier molecular flexibility index (Phi) is 4.19. The molecule has 0 radical (unpaired) electrons. The molecule has 3 N–H and O–H groups in total. The van der Waals surface area contributed by atoms with Gasteiger partial charge in [-0.2, -0.15) is 0 Å². The summed E-state index contributed by atoms with van der Waals surface area (Å²) in [5, 5.41) is 0.0257. The standard InChI is InChI=1S/C7H8ClN3O4S/c8-6-3-5(1-2-10-6)16(13,14)11-15-4-7(9)12/h1-3,11H,4H2,(H2,9,12). The lowest BCUT2D eigenvalue weighted by Crippen LogP contribution is -2.29. The van der Waals surface area contributed by atoms with Crippen LogP contribution in [0.2, 0.25) is 5.15 Å². The summed E-state index contributed by atoms with van der Waals surface area (Å²) in [5.41, 5.74) is 4.75. The number of rotatable bonds is 5. The highest BCUT2D eigenvalue weighted by atomic mass is 35.5. The van der Waals surface area contributed by atoms with Gasteiger partial charge in [0.2, 0.25) is 5.91 Å². The second-order valence-corrected chi connectivity index (χ2v) is 4.69. The molecule has 0 bridgehead atoms. The maximum atomic E-state index is 11.5. The number of hydrogen-bond acceptors (Lipinski definition) is 5. The van der Waals surface area contributed by atoms with Crippen LogP contribution >= 0.6 is 11.6 Å². The van der Waals surface area contributed by atoms with Crippen LogP contribution in [0.4, 0.5) is 0 Å². The lowest BCUT2D eigenvalue weighted by Gasteiger charge is -2.05. The molecule has 16 heavy (non-hydrogen) atoms. The van der Waals surface area contributed by atoms with Gasteiger partial charge in [-0.3, -0.25) is 9.63 Å². The van der Waals surface area contributed by atoms with Gasteiger partial charge in [-0.05, 0) is 12.1 Å². The molecule has 1 heterocycles. The highest BCUT2D eigenvalue weighted by Gasteiger charge is 2.14. The van der Waals surface area contributed by atoms with Crippen molar-refractivity contribution in [2.24, 2.45) is 5.73 Å². The molecule has 0 fully saturated rings. The third-order valence-electron chi connectivity index (χ3n) is 1.39. The minimum absolute atomic E-state index is 0.0257. The average Bonchev–Trinajstić information content (AvgIpc) is 2.16. The lowest BCUT2D eigenvalue weighted by atomic mass is 10.5. The molecule has 0 spiro atoms. The fraction of sp³-hybridized carbons (Fsp3) is 0.143. The van der Waals surface area contributed by atoms with Crippen molar-refractivity contribution in [3.8, 4) is 0 Å². The number of carbonyl (C=O) groups excluding carboxylic acids is 1. The second kappa shape index (κ2) is 5.21. The van der Waals surface area contributed by atoms with Crippen molar-refractivity contribution < 1.29 is 18.0 Å². The van der Waals surface area contributed by atoms with Gasteiger partial charge in [-0.25, -0.2) is 13.4 Å². The minimum Gasteiger partial charge on any atom is -0.368 e. The Morgan fingerprint density at radius 2 is 2.31 bits per heavy atom. The summed E-state index contributed by atoms with van der Waals surface area (Å²) >= 11 is 5.52. The van der Waals surface area contributed by atoms with Gasteiger partial charge in [-0.15, -0.1) is 0 Å². The van der Waals surface area contributed by atoms with Crippen molar-refractivity contribution in [3.63, 3.8) is 0 Å². The van der Waals surface area contributed by atoms with Crippen molar-refractivity contribution in [2.75, 3.05) is 6.61 Å². The van der Waals surface area contributed by atoms with E-state index in [2.05, 4.69) is 9.82 Å². The van der Waals surface area contributed by atoms with E-state index in [9.17, 15) is 13.2 Å². The zero-order valence-corrected chi connectivity index (χ0v) is 9.46. The summed E-state index contributed by atoms with van der Waals surface area (Å²) in [6.45, 7) is -0.557. The van der Waals surface area contributed by atoms with Gasteiger partial charge in [0.25, 0.3) is 10.0 Å². The molecule has 1 aromatic heterocycles. The van der Waals surface area contributed by atoms with E-state index in [1.54, 1.807) is 4.89 Å². The largest absolute Gasteiger partial charge is 0.368 e. The predicted octanol–water partition coefficient (Wildman–Crippen LogP) is -0.570. The topological polar surface area (TPSA) is 111 Å². The average molecular weight is 266 g/mol. The highest BCUT2D eigenvalue weighted by molar-refractivity contribution is 7.89. The maximum absolute atomic E-state index is 11.5. The molecule has 1 rings (SSSR count). The second-order valence-electron chi connectivity index (χ2n) is 2.66. The van der Waals surface area contributed by atoms with E-state index in [0.717, 1.165) is 6.07 Å². The molecule has 7 nitrogen and oxygen atoms in total. The first-order valence-corrected chi connectivity index (χ1v) is 5.81. The molecule has 88 valence electrons. The van der Waals surface area contributed by atoms with E-state index in [1.807, 2.05) is 0 Å². The smallest absolute Gasteiger partial charge is 0.262 e. The van der Waals surface area contributed by atoms with Gasteiger partial charge in [0.05, 0.1) is 4.90 Å². The summed E-state index contributed by atoms with van der Waals surface area (Å²) in [6, 6.07) is 2.36. The van der Waals surface area contributed by atoms with Gasteiger partial charge in [0, 0.05) is 6.20 Å². The van der Waals surface area contributed by atoms with Crippen LogP contribution < -0.4 is 10.6 Å². The Balaban J connectivity index is 2.74. The molecule has 0 saturated carbocycles. The van der Waals surface area contributed by atoms with Crippen LogP contribution in [0.1, 0.15) is 0 Å². The van der Waals surface area contributed by atoms with E-state index in [1.165, 1.54) is 12.3 Å². The summed E-state index contributed by atoms with van der Waals surface area (Å²) in [7, 11) is -3.88. The van der Waals surface area contributed by atoms with Crippen LogP contribution in [0.5, 0.6) is 0 Å². The number of hydrogen-bond donors (Lipinski definition) is 2. The number of nitrogens with zero attached hydrogens (tertiary/aromatic N) is 1. The molecule has 0 aliphatic rings. The number of carbonyl (C=O) groups is 1. The third kappa shape index (κ3) is 3.74. The number of pyridine rings is 1. The summed E-state index contributed by atoms with van der Waals surface area (Å²) in [4.78, 5) is 19.9. The first kappa shape index (κ1) is 12.8. The number of amides is 1. The quantitative estimate of drug-likeness (QED) is 0.547. The maximum Gasteiger partial charge on any atom is 0.262 e. The summed E-state index contributed by atoms with van der Waals surface area (Å²) < 4.78 is 23.0. The first-order chi connectivity index (χ1) is 7.42. The molecule has 1 aromatic rings. The van der Waals surface area contributed by atoms with Gasteiger partial charge in [0.1, 0.15) is 11.8 Å². The van der Waals surface area contributed by atoms with Gasteiger partial charge >= 0.3 is 0 Å². The summed E-state index contributed by atoms with van der Waals surface area (Å²) in [5.74, 6) is -0.796. The molecule has 0 aliphatic carbocycles. The van der Waals surface area contributed by atoms with Crippen molar-refractivity contribution >= 4 is 27.5 Å². The Labute approximate surface area is 96.6 Å². The molecule has 0 aromatic carbocycles. The zero-order chi connectivity index (χ0) is 12.2. The van der Waals surface area contributed by atoms with Crippen LogP contribution in [0.15, 0.2) is 23.2 Å². The zero-order valence-electron chi connectivity index (χ0n) is 7.88. The van der Waals surface area contributed by atoms with Crippen LogP contribution in [0, 0.1) is 0 Å². The fourth-order valence-corrected chi connectivity index (χ4v) is 1.83. The molecule has 0 unspecified atom stereocenters. The van der Waals surface area contributed by atoms with Crippen molar-refractivity contribution in [3.05, 3.63) is 23.5 Å². The predicted molar refractivity (Wildman–Crippen MR) is 54.7 cm³/mol. The van der Waals surface area contributed by atoms with Crippen LogP contribution in [-0.4, -0.2) is 25.9 Å². The normalized spacial score (nSPS) is 11.3. The van der Waals surface area contributed by atoms with E-state index < -0.39 is 22.5 Å². The van der Waals surface area contributed by atoms with E-state index in [0.29, 0.717) is 0 Å². The van der Waals surface area contributed by atoms with E-state index in [-0.39, 0.29) is 10.0 Å². The Morgan fingerprint density at radius 3 is 2.88 bits per heavy atom. The Hall–Kier alpha value is -1.22. The van der Waals surface area contributed by atoms with Crippen LogP contribution in [0.3, 0.4) is 0 Å². The number of halogens is 1. The molecular formula is C7H8ClN3O4S. The molecular weight excluding hydrogens is 258 g/mol. The van der Waals surface area contributed by atoms with Gasteiger partial charge in [0.15, 0.2) is 0 Å². The number of nitrogens with two attached hydrogens (primary N) is 1. The number of sulfonamides is 1. The molecule has 9 heteroatoms. The minimum atomic E-state index is -3.88. The van der Waals surface area contributed by atoms with Gasteiger partial charge < -0.3 is 5.73 Å². The number of aromatic nitrogens is 1. The SMILES string of the molecule is NC(=O)CONS(=O)(=O)c1ccnc(Cl)c1. The highest BCUT2D eigenvalue weighted by Crippen LogP contribution is 2.12. The van der Waals surface area contributed by atoms with E-state index >= 15 is 0 Å². The molecule has 0 aliphatic heterocycles. The lowest BCUT2D eigenvalue weighted by molar-refractivity contribution is -0.123. The van der Waals surface area contributed by atoms with Crippen molar-refractivity contribution in [1.82, 2.24) is 9.87 Å². The van der Waals surface area contributed by atoms with E-state index in [4.69, 9.17) is 17.3 Å².